The number of anilines is 2. The van der Waals surface area contributed by atoms with Crippen molar-refractivity contribution in [1.82, 2.24) is 19.4 Å². The summed E-state index contributed by atoms with van der Waals surface area (Å²) in [5.41, 5.74) is 7.95. The highest BCUT2D eigenvalue weighted by Gasteiger charge is 2.17. The van der Waals surface area contributed by atoms with Crippen molar-refractivity contribution in [2.45, 2.75) is 31.8 Å². The third-order valence-corrected chi connectivity index (χ3v) is 4.28. The van der Waals surface area contributed by atoms with Gasteiger partial charge in [0.25, 0.3) is 0 Å². The lowest BCUT2D eigenvalue weighted by Gasteiger charge is -2.20. The van der Waals surface area contributed by atoms with Gasteiger partial charge in [0.1, 0.15) is 5.82 Å². The Morgan fingerprint density at radius 2 is 2.18 bits per heavy atom. The van der Waals surface area contributed by atoms with E-state index in [1.807, 2.05) is 30.9 Å². The number of aromatic nitrogens is 3. The van der Waals surface area contributed by atoms with Gasteiger partial charge in [-0.05, 0) is 37.9 Å². The molecular weight excluding hydrogens is 276 g/mol. The zero-order chi connectivity index (χ0) is 15.4. The van der Waals surface area contributed by atoms with E-state index in [0.717, 1.165) is 31.7 Å². The fourth-order valence-corrected chi connectivity index (χ4v) is 2.95. The molecule has 0 radical (unpaired) electrons. The number of hydrogen-bond acceptors (Lipinski definition) is 5. The normalized spacial score (nSPS) is 19.8. The molecule has 3 N–H and O–H groups in total. The number of nitrogens with zero attached hydrogens (tertiary/aromatic N) is 4. The molecular formula is C16H24N6. The molecule has 6 nitrogen and oxygen atoms in total. The summed E-state index contributed by atoms with van der Waals surface area (Å²) in [6, 6.07) is 4.34. The number of nitrogens with one attached hydrogen (secondary N) is 1. The number of likely N-dealkylation sites (tertiary alicyclic amines) is 1. The van der Waals surface area contributed by atoms with Crippen molar-refractivity contribution in [2.24, 2.45) is 7.05 Å². The molecule has 2 aromatic rings. The molecule has 0 spiro atoms. The number of nitrogen functional groups attached to an aromatic ring is 1. The van der Waals surface area contributed by atoms with Crippen LogP contribution in [0.4, 0.5) is 11.5 Å². The van der Waals surface area contributed by atoms with Gasteiger partial charge in [-0.1, -0.05) is 0 Å². The molecule has 118 valence electrons. The number of hydrogen-bond donors (Lipinski definition) is 2. The van der Waals surface area contributed by atoms with Crippen molar-refractivity contribution in [3.8, 4) is 0 Å². The van der Waals surface area contributed by atoms with Crippen molar-refractivity contribution in [1.29, 1.82) is 0 Å². The predicted octanol–water partition coefficient (Wildman–Crippen LogP) is 1.86. The maximum atomic E-state index is 5.63. The fraction of sp³-hybridized carbons (Fsp3) is 0.500. The van der Waals surface area contributed by atoms with Gasteiger partial charge >= 0.3 is 0 Å². The van der Waals surface area contributed by atoms with Crippen LogP contribution in [0.1, 0.15) is 25.0 Å². The lowest BCUT2D eigenvalue weighted by atomic mass is 10.1. The Bertz CT molecular complexity index is 591. The Kier molecular flexibility index (Phi) is 4.58. The zero-order valence-corrected chi connectivity index (χ0v) is 13.1. The van der Waals surface area contributed by atoms with E-state index in [2.05, 4.69) is 31.8 Å². The second-order valence-electron chi connectivity index (χ2n) is 6.02. The third kappa shape index (κ3) is 3.76. The maximum Gasteiger partial charge on any atom is 0.123 e. The second kappa shape index (κ2) is 6.79. The lowest BCUT2D eigenvalue weighted by Crippen LogP contribution is -2.26. The van der Waals surface area contributed by atoms with Gasteiger partial charge in [0, 0.05) is 32.4 Å². The van der Waals surface area contributed by atoms with Gasteiger partial charge in [0.05, 0.1) is 23.9 Å². The summed E-state index contributed by atoms with van der Waals surface area (Å²) in [5, 5.41) is 3.58. The molecule has 3 rings (SSSR count). The van der Waals surface area contributed by atoms with Crippen LogP contribution in [-0.2, 0) is 13.6 Å². The quantitative estimate of drug-likeness (QED) is 0.902. The van der Waals surface area contributed by atoms with E-state index < -0.39 is 0 Å². The molecule has 0 aliphatic carbocycles. The summed E-state index contributed by atoms with van der Waals surface area (Å²) in [6.07, 6.45) is 9.17. The van der Waals surface area contributed by atoms with Crippen LogP contribution in [-0.4, -0.2) is 38.6 Å². The van der Waals surface area contributed by atoms with Gasteiger partial charge in [-0.15, -0.1) is 0 Å². The van der Waals surface area contributed by atoms with Gasteiger partial charge in [0.2, 0.25) is 0 Å². The number of imidazole rings is 1. The summed E-state index contributed by atoms with van der Waals surface area (Å²) in [6.45, 7) is 3.22. The zero-order valence-electron chi connectivity index (χ0n) is 13.1. The minimum atomic E-state index is 0.502. The van der Waals surface area contributed by atoms with Crippen molar-refractivity contribution in [2.75, 3.05) is 24.1 Å². The summed E-state index contributed by atoms with van der Waals surface area (Å²) in [4.78, 5) is 10.8. The second-order valence-corrected chi connectivity index (χ2v) is 6.02. The molecule has 0 saturated carbocycles. The van der Waals surface area contributed by atoms with Crippen molar-refractivity contribution in [3.05, 3.63) is 36.5 Å². The minimum Gasteiger partial charge on any atom is -0.384 e. The Hall–Kier alpha value is -2.08. The van der Waals surface area contributed by atoms with E-state index in [0.29, 0.717) is 11.9 Å². The molecule has 0 bridgehead atoms. The highest BCUT2D eigenvalue weighted by Crippen LogP contribution is 2.18. The van der Waals surface area contributed by atoms with Crippen molar-refractivity contribution >= 4 is 11.5 Å². The molecule has 0 amide bonds. The molecule has 6 heteroatoms. The Labute approximate surface area is 131 Å². The molecule has 1 unspecified atom stereocenters. The van der Waals surface area contributed by atoms with Crippen molar-refractivity contribution in [3.63, 3.8) is 0 Å². The van der Waals surface area contributed by atoms with E-state index in [4.69, 9.17) is 5.73 Å². The van der Waals surface area contributed by atoms with E-state index in [1.165, 1.54) is 18.5 Å². The first kappa shape index (κ1) is 14.8. The van der Waals surface area contributed by atoms with Gasteiger partial charge < -0.3 is 15.6 Å². The topological polar surface area (TPSA) is 72.0 Å². The summed E-state index contributed by atoms with van der Waals surface area (Å²) in [7, 11) is 2.05. The average Bonchev–Trinajstić information content (AvgIpc) is 2.78. The van der Waals surface area contributed by atoms with Gasteiger partial charge in [-0.2, -0.15) is 0 Å². The molecule has 3 heterocycles. The standard InChI is InChI=1S/C16H24N6/c1-21-12-18-10-15(21)11-22-7-2-3-13(6-8-22)20-14-4-5-16(17)19-9-14/h4-5,9-10,12-13,20H,2-3,6-8,11H2,1H3,(H2,17,19). The molecule has 1 atom stereocenters. The van der Waals surface area contributed by atoms with E-state index in [1.54, 1.807) is 0 Å². The van der Waals surface area contributed by atoms with E-state index in [9.17, 15) is 0 Å². The number of pyridine rings is 1. The Morgan fingerprint density at radius 1 is 1.27 bits per heavy atom. The molecule has 2 aromatic heterocycles. The first-order chi connectivity index (χ1) is 10.7. The first-order valence-electron chi connectivity index (χ1n) is 7.86. The first-order valence-corrected chi connectivity index (χ1v) is 7.86. The number of nitrogens with two attached hydrogens (primary N) is 1. The van der Waals surface area contributed by atoms with Crippen LogP contribution in [0.2, 0.25) is 0 Å². The molecule has 22 heavy (non-hydrogen) atoms. The fourth-order valence-electron chi connectivity index (χ4n) is 2.95. The highest BCUT2D eigenvalue weighted by atomic mass is 15.2. The molecule has 1 aliphatic heterocycles. The SMILES string of the molecule is Cn1cncc1CN1CCCC(Nc2ccc(N)nc2)CC1. The Morgan fingerprint density at radius 3 is 2.91 bits per heavy atom. The van der Waals surface area contributed by atoms with Gasteiger partial charge in [0.15, 0.2) is 0 Å². The molecule has 1 aliphatic rings. The monoisotopic (exact) mass is 300 g/mol. The van der Waals surface area contributed by atoms with Gasteiger partial charge in [-0.25, -0.2) is 9.97 Å². The minimum absolute atomic E-state index is 0.502. The van der Waals surface area contributed by atoms with Gasteiger partial charge in [-0.3, -0.25) is 4.90 Å². The average molecular weight is 300 g/mol. The highest BCUT2D eigenvalue weighted by molar-refractivity contribution is 5.45. The molecule has 1 fully saturated rings. The van der Waals surface area contributed by atoms with Crippen molar-refractivity contribution < 1.29 is 0 Å². The van der Waals surface area contributed by atoms with Crippen LogP contribution in [0, 0.1) is 0 Å². The van der Waals surface area contributed by atoms with Crippen LogP contribution in [0.15, 0.2) is 30.9 Å². The van der Waals surface area contributed by atoms with Crippen LogP contribution >= 0.6 is 0 Å². The van der Waals surface area contributed by atoms with Crippen LogP contribution in [0.3, 0.4) is 0 Å². The summed E-state index contributed by atoms with van der Waals surface area (Å²) < 4.78 is 2.10. The van der Waals surface area contributed by atoms with Crippen LogP contribution in [0.5, 0.6) is 0 Å². The Balaban J connectivity index is 1.53. The molecule has 0 aromatic carbocycles. The lowest BCUT2D eigenvalue weighted by molar-refractivity contribution is 0.270. The van der Waals surface area contributed by atoms with E-state index >= 15 is 0 Å². The third-order valence-electron chi connectivity index (χ3n) is 4.28. The summed E-state index contributed by atoms with van der Waals surface area (Å²) >= 11 is 0. The largest absolute Gasteiger partial charge is 0.384 e. The predicted molar refractivity (Wildman–Crippen MR) is 88.4 cm³/mol. The number of rotatable bonds is 4. The van der Waals surface area contributed by atoms with Crippen LogP contribution in [0.25, 0.3) is 0 Å². The number of aryl methyl sites for hydroxylation is 1. The smallest absolute Gasteiger partial charge is 0.123 e. The maximum absolute atomic E-state index is 5.63. The molecule has 1 saturated heterocycles. The van der Waals surface area contributed by atoms with Crippen LogP contribution < -0.4 is 11.1 Å². The van der Waals surface area contributed by atoms with E-state index in [-0.39, 0.29) is 0 Å². The summed E-state index contributed by atoms with van der Waals surface area (Å²) in [5.74, 6) is 0.564.